The molecule has 0 fully saturated rings. The van der Waals surface area contributed by atoms with Gasteiger partial charge in [0.05, 0.1) is 18.3 Å². The summed E-state index contributed by atoms with van der Waals surface area (Å²) in [5, 5.41) is 7.17. The molecule has 0 spiro atoms. The van der Waals surface area contributed by atoms with Crippen LogP contribution in [0.3, 0.4) is 0 Å². The van der Waals surface area contributed by atoms with E-state index >= 15 is 0 Å². The lowest BCUT2D eigenvalue weighted by molar-refractivity contribution is 0.0883. The first-order valence-corrected chi connectivity index (χ1v) is 6.16. The van der Waals surface area contributed by atoms with E-state index in [4.69, 9.17) is 10.5 Å². The number of nitrogens with two attached hydrogens (primary N) is 1. The van der Waals surface area contributed by atoms with Gasteiger partial charge in [-0.25, -0.2) is 0 Å². The van der Waals surface area contributed by atoms with Gasteiger partial charge in [-0.05, 0) is 32.9 Å². The molecule has 0 radical (unpaired) electrons. The quantitative estimate of drug-likeness (QED) is 0.733. The molecule has 1 rings (SSSR count). The van der Waals surface area contributed by atoms with Crippen LogP contribution in [0.25, 0.3) is 0 Å². The minimum absolute atomic E-state index is 0.0620. The molecule has 6 nitrogen and oxygen atoms in total. The number of hydrogen-bond acceptors (Lipinski definition) is 4. The summed E-state index contributed by atoms with van der Waals surface area (Å²) < 4.78 is 6.75. The Kier molecular flexibility index (Phi) is 5.80. The molecule has 0 aliphatic heterocycles. The lowest BCUT2D eigenvalue weighted by Gasteiger charge is -2.17. The predicted octanol–water partition coefficient (Wildman–Crippen LogP) is 0.305. The van der Waals surface area contributed by atoms with E-state index in [0.29, 0.717) is 31.8 Å². The zero-order chi connectivity index (χ0) is 13.5. The van der Waals surface area contributed by atoms with Gasteiger partial charge in [0.25, 0.3) is 5.91 Å². The molecule has 1 unspecified atom stereocenters. The number of methoxy groups -OCH3 is 1. The smallest absolute Gasteiger partial charge is 0.269 e. The average molecular weight is 254 g/mol. The molecular weight excluding hydrogens is 232 g/mol. The van der Waals surface area contributed by atoms with Crippen molar-refractivity contribution in [2.75, 3.05) is 20.3 Å². The van der Waals surface area contributed by atoms with Gasteiger partial charge < -0.3 is 15.8 Å². The average Bonchev–Trinajstić information content (AvgIpc) is 2.71. The maximum Gasteiger partial charge on any atom is 0.269 e. The molecule has 0 aliphatic rings. The summed E-state index contributed by atoms with van der Waals surface area (Å²) in [6.07, 6.45) is 0.693. The van der Waals surface area contributed by atoms with Crippen molar-refractivity contribution in [3.63, 3.8) is 0 Å². The zero-order valence-electron chi connectivity index (χ0n) is 11.3. The monoisotopic (exact) mass is 254 g/mol. The van der Waals surface area contributed by atoms with Crippen LogP contribution in [0.2, 0.25) is 0 Å². The van der Waals surface area contributed by atoms with Crippen molar-refractivity contribution in [3.05, 3.63) is 17.5 Å². The number of nitrogens with zero attached hydrogens (tertiary/aromatic N) is 2. The molecule has 0 aromatic carbocycles. The Balaban J connectivity index is 2.73. The van der Waals surface area contributed by atoms with Crippen LogP contribution in [0.15, 0.2) is 6.07 Å². The third kappa shape index (κ3) is 3.82. The number of amides is 1. The van der Waals surface area contributed by atoms with Gasteiger partial charge in [0.15, 0.2) is 0 Å². The van der Waals surface area contributed by atoms with Crippen LogP contribution >= 0.6 is 0 Å². The van der Waals surface area contributed by atoms with Crippen molar-refractivity contribution >= 4 is 5.91 Å². The minimum atomic E-state index is -0.132. The third-order valence-electron chi connectivity index (χ3n) is 2.65. The van der Waals surface area contributed by atoms with Crippen LogP contribution < -0.4 is 11.1 Å². The number of aromatic nitrogens is 2. The molecule has 6 heteroatoms. The van der Waals surface area contributed by atoms with Crippen LogP contribution in [0.4, 0.5) is 0 Å². The first-order valence-electron chi connectivity index (χ1n) is 6.16. The van der Waals surface area contributed by atoms with Gasteiger partial charge >= 0.3 is 0 Å². The highest BCUT2D eigenvalue weighted by molar-refractivity contribution is 5.92. The van der Waals surface area contributed by atoms with Gasteiger partial charge in [0, 0.05) is 13.7 Å². The number of hydrogen-bond donors (Lipinski definition) is 2. The van der Waals surface area contributed by atoms with Crippen LogP contribution in [0, 0.1) is 6.92 Å². The number of nitrogens with one attached hydrogen (secondary N) is 1. The van der Waals surface area contributed by atoms with Crippen molar-refractivity contribution in [2.45, 2.75) is 32.9 Å². The second kappa shape index (κ2) is 7.13. The molecule has 3 N–H and O–H groups in total. The summed E-state index contributed by atoms with van der Waals surface area (Å²) >= 11 is 0. The molecule has 0 bridgehead atoms. The Morgan fingerprint density at radius 2 is 2.39 bits per heavy atom. The molecule has 0 aliphatic carbocycles. The summed E-state index contributed by atoms with van der Waals surface area (Å²) in [6, 6.07) is 1.72. The molecular formula is C12H22N4O2. The first kappa shape index (κ1) is 14.7. The summed E-state index contributed by atoms with van der Waals surface area (Å²) in [4.78, 5) is 12.1. The number of ether oxygens (including phenoxy) is 1. The van der Waals surface area contributed by atoms with Crippen molar-refractivity contribution in [1.29, 1.82) is 0 Å². The molecule has 0 saturated heterocycles. The molecule has 1 aromatic heterocycles. The molecule has 1 aromatic rings. The Morgan fingerprint density at radius 3 is 2.94 bits per heavy atom. The number of aryl methyl sites for hydroxylation is 2. The standard InChI is InChI=1S/C12H22N4O2/c1-4-16-11(7-9(2)15-16)12(17)14-10(5-6-13)8-18-3/h7,10H,4-6,8,13H2,1-3H3,(H,14,17). The largest absolute Gasteiger partial charge is 0.383 e. The van der Waals surface area contributed by atoms with Crippen LogP contribution in [0.5, 0.6) is 0 Å². The highest BCUT2D eigenvalue weighted by Crippen LogP contribution is 2.05. The van der Waals surface area contributed by atoms with Gasteiger partial charge in [0.1, 0.15) is 5.69 Å². The van der Waals surface area contributed by atoms with E-state index in [9.17, 15) is 4.79 Å². The SMILES string of the molecule is CCn1nc(C)cc1C(=O)NC(CCN)COC. The fourth-order valence-corrected chi connectivity index (χ4v) is 1.83. The second-order valence-corrected chi connectivity index (χ2v) is 4.19. The van der Waals surface area contributed by atoms with Crippen LogP contribution in [0.1, 0.15) is 29.5 Å². The van der Waals surface area contributed by atoms with E-state index in [0.717, 1.165) is 5.69 Å². The fraction of sp³-hybridized carbons (Fsp3) is 0.667. The van der Waals surface area contributed by atoms with Crippen molar-refractivity contribution < 1.29 is 9.53 Å². The lowest BCUT2D eigenvalue weighted by atomic mass is 10.2. The van der Waals surface area contributed by atoms with E-state index in [1.165, 1.54) is 0 Å². The van der Waals surface area contributed by atoms with Crippen molar-refractivity contribution in [2.24, 2.45) is 5.73 Å². The fourth-order valence-electron chi connectivity index (χ4n) is 1.83. The van der Waals surface area contributed by atoms with Gasteiger partial charge in [0.2, 0.25) is 0 Å². The maximum absolute atomic E-state index is 12.1. The molecule has 18 heavy (non-hydrogen) atoms. The highest BCUT2D eigenvalue weighted by atomic mass is 16.5. The Bertz CT molecular complexity index is 383. The van der Waals surface area contributed by atoms with Gasteiger partial charge in [-0.3, -0.25) is 9.48 Å². The van der Waals surface area contributed by atoms with Crippen molar-refractivity contribution in [3.8, 4) is 0 Å². The van der Waals surface area contributed by atoms with Gasteiger partial charge in [-0.1, -0.05) is 0 Å². The van der Waals surface area contributed by atoms with E-state index in [1.807, 2.05) is 13.8 Å². The normalized spacial score (nSPS) is 12.4. The highest BCUT2D eigenvalue weighted by Gasteiger charge is 2.17. The number of carbonyl (C=O) groups is 1. The van der Waals surface area contributed by atoms with E-state index in [2.05, 4.69) is 10.4 Å². The predicted molar refractivity (Wildman–Crippen MR) is 69.4 cm³/mol. The Morgan fingerprint density at radius 1 is 1.67 bits per heavy atom. The summed E-state index contributed by atoms with van der Waals surface area (Å²) in [5.41, 5.74) is 6.92. The lowest BCUT2D eigenvalue weighted by Crippen LogP contribution is -2.40. The van der Waals surface area contributed by atoms with Gasteiger partial charge in [-0.15, -0.1) is 0 Å². The van der Waals surface area contributed by atoms with E-state index in [1.54, 1.807) is 17.9 Å². The topological polar surface area (TPSA) is 82.2 Å². The molecule has 1 atom stereocenters. The minimum Gasteiger partial charge on any atom is -0.383 e. The van der Waals surface area contributed by atoms with Crippen LogP contribution in [-0.4, -0.2) is 42.0 Å². The number of rotatable bonds is 7. The van der Waals surface area contributed by atoms with E-state index in [-0.39, 0.29) is 11.9 Å². The second-order valence-electron chi connectivity index (χ2n) is 4.19. The number of carbonyl (C=O) groups excluding carboxylic acids is 1. The molecule has 0 saturated carbocycles. The first-order chi connectivity index (χ1) is 8.62. The van der Waals surface area contributed by atoms with Crippen LogP contribution in [-0.2, 0) is 11.3 Å². The van der Waals surface area contributed by atoms with E-state index < -0.39 is 0 Å². The summed E-state index contributed by atoms with van der Waals surface area (Å²) in [6.45, 7) is 5.47. The third-order valence-corrected chi connectivity index (χ3v) is 2.65. The summed E-state index contributed by atoms with van der Waals surface area (Å²) in [5.74, 6) is -0.132. The molecule has 1 amide bonds. The zero-order valence-corrected chi connectivity index (χ0v) is 11.3. The Labute approximate surface area is 107 Å². The van der Waals surface area contributed by atoms with Gasteiger partial charge in [-0.2, -0.15) is 5.10 Å². The van der Waals surface area contributed by atoms with Crippen molar-refractivity contribution in [1.82, 2.24) is 15.1 Å². The molecule has 102 valence electrons. The molecule has 1 heterocycles. The Hall–Kier alpha value is -1.40. The summed E-state index contributed by atoms with van der Waals surface area (Å²) in [7, 11) is 1.61. The maximum atomic E-state index is 12.1.